The molecule has 1 aliphatic carbocycles. The third kappa shape index (κ3) is 4.23. The van der Waals surface area contributed by atoms with Gasteiger partial charge in [-0.3, -0.25) is 4.79 Å². The molecular formula is C14H18BrNO2S. The predicted molar refractivity (Wildman–Crippen MR) is 81.7 cm³/mol. The van der Waals surface area contributed by atoms with E-state index in [1.54, 1.807) is 6.07 Å². The summed E-state index contributed by atoms with van der Waals surface area (Å²) in [6, 6.07) is 5.42. The van der Waals surface area contributed by atoms with Crippen molar-refractivity contribution < 1.29 is 9.90 Å². The van der Waals surface area contributed by atoms with Crippen LogP contribution in [-0.2, 0) is 0 Å². The molecule has 0 atom stereocenters. The number of carbonyl (C=O) groups is 1. The lowest BCUT2D eigenvalue weighted by Crippen LogP contribution is -2.32. The van der Waals surface area contributed by atoms with Gasteiger partial charge in [0.2, 0.25) is 0 Å². The molecule has 2 rings (SSSR count). The van der Waals surface area contributed by atoms with Crippen LogP contribution in [0.5, 0.6) is 0 Å². The lowest BCUT2D eigenvalue weighted by Gasteiger charge is -2.25. The van der Waals surface area contributed by atoms with Gasteiger partial charge in [0.25, 0.3) is 5.91 Å². The first kappa shape index (κ1) is 14.9. The number of benzene rings is 1. The summed E-state index contributed by atoms with van der Waals surface area (Å²) < 4.78 is 0.912. The van der Waals surface area contributed by atoms with Crippen molar-refractivity contribution in [2.45, 2.75) is 36.7 Å². The topological polar surface area (TPSA) is 49.3 Å². The van der Waals surface area contributed by atoms with E-state index in [0.717, 1.165) is 30.2 Å². The molecule has 1 fully saturated rings. The molecular weight excluding hydrogens is 326 g/mol. The highest BCUT2D eigenvalue weighted by molar-refractivity contribution is 9.10. The molecule has 0 heterocycles. The molecule has 19 heavy (non-hydrogen) atoms. The van der Waals surface area contributed by atoms with Gasteiger partial charge in [0.1, 0.15) is 0 Å². The number of amides is 1. The van der Waals surface area contributed by atoms with Crippen LogP contribution < -0.4 is 5.32 Å². The summed E-state index contributed by atoms with van der Waals surface area (Å²) >= 11 is 7.66. The molecule has 1 amide bonds. The number of hydrogen-bond acceptors (Lipinski definition) is 3. The Labute approximate surface area is 127 Å². The van der Waals surface area contributed by atoms with Gasteiger partial charge < -0.3 is 10.4 Å². The van der Waals surface area contributed by atoms with Gasteiger partial charge in [-0.1, -0.05) is 15.9 Å². The fourth-order valence-corrected chi connectivity index (χ4v) is 3.23. The average molecular weight is 344 g/mol. The Morgan fingerprint density at radius 3 is 2.68 bits per heavy atom. The molecule has 1 aliphatic rings. The molecule has 1 aromatic rings. The van der Waals surface area contributed by atoms with E-state index >= 15 is 0 Å². The molecule has 0 bridgehead atoms. The van der Waals surface area contributed by atoms with E-state index in [9.17, 15) is 9.90 Å². The molecule has 104 valence electrons. The number of halogens is 1. The summed E-state index contributed by atoms with van der Waals surface area (Å²) in [5, 5.41) is 12.4. The number of thiol groups is 1. The van der Waals surface area contributed by atoms with Crippen LogP contribution >= 0.6 is 28.6 Å². The van der Waals surface area contributed by atoms with Gasteiger partial charge in [-0.15, -0.1) is 12.6 Å². The van der Waals surface area contributed by atoms with Crippen molar-refractivity contribution in [2.75, 3.05) is 6.54 Å². The molecule has 5 heteroatoms. The third-order valence-corrected chi connectivity index (χ3v) is 4.44. The van der Waals surface area contributed by atoms with Gasteiger partial charge in [0, 0.05) is 15.9 Å². The zero-order valence-corrected chi connectivity index (χ0v) is 13.1. The smallest absolute Gasteiger partial charge is 0.252 e. The first-order chi connectivity index (χ1) is 9.06. The number of aliphatic hydroxyl groups is 1. The van der Waals surface area contributed by atoms with Crippen molar-refractivity contribution >= 4 is 34.5 Å². The van der Waals surface area contributed by atoms with Gasteiger partial charge in [0.05, 0.1) is 11.7 Å². The Morgan fingerprint density at radius 1 is 1.37 bits per heavy atom. The first-order valence-electron chi connectivity index (χ1n) is 6.51. The lowest BCUT2D eigenvalue weighted by molar-refractivity contribution is 0.0908. The second-order valence-corrected chi connectivity index (χ2v) is 6.44. The van der Waals surface area contributed by atoms with Crippen LogP contribution in [-0.4, -0.2) is 23.7 Å². The lowest BCUT2D eigenvalue weighted by atomic mass is 9.87. The predicted octanol–water partition coefficient (Wildman–Crippen LogP) is 3.02. The molecule has 3 nitrogen and oxygen atoms in total. The zero-order valence-electron chi connectivity index (χ0n) is 10.6. The van der Waals surface area contributed by atoms with E-state index in [1.165, 1.54) is 0 Å². The summed E-state index contributed by atoms with van der Waals surface area (Å²) in [5.74, 6) is 0.398. The molecule has 0 radical (unpaired) electrons. The van der Waals surface area contributed by atoms with Crippen LogP contribution in [0.1, 0.15) is 36.0 Å². The standard InChI is InChI=1S/C14H18BrNO2S/c15-10-3-6-12(13(19)7-10)14(18)16-8-9-1-4-11(17)5-2-9/h3,6-7,9,11,17,19H,1-2,4-5,8H2,(H,16,18). The van der Waals surface area contributed by atoms with Crippen molar-refractivity contribution in [1.82, 2.24) is 5.32 Å². The van der Waals surface area contributed by atoms with Gasteiger partial charge in [0.15, 0.2) is 0 Å². The Balaban J connectivity index is 1.87. The van der Waals surface area contributed by atoms with Crippen molar-refractivity contribution in [1.29, 1.82) is 0 Å². The fraction of sp³-hybridized carbons (Fsp3) is 0.500. The molecule has 0 saturated heterocycles. The van der Waals surface area contributed by atoms with Crippen LogP contribution in [0.2, 0.25) is 0 Å². The van der Waals surface area contributed by atoms with E-state index < -0.39 is 0 Å². The Kier molecular flexibility index (Phi) is 5.30. The van der Waals surface area contributed by atoms with E-state index in [2.05, 4.69) is 33.9 Å². The molecule has 1 saturated carbocycles. The Hall–Kier alpha value is -0.520. The van der Waals surface area contributed by atoms with Gasteiger partial charge in [-0.2, -0.15) is 0 Å². The summed E-state index contributed by atoms with van der Waals surface area (Å²) in [6.45, 7) is 0.675. The highest BCUT2D eigenvalue weighted by atomic mass is 79.9. The summed E-state index contributed by atoms with van der Waals surface area (Å²) in [6.07, 6.45) is 3.50. The van der Waals surface area contributed by atoms with E-state index in [4.69, 9.17) is 0 Å². The van der Waals surface area contributed by atoms with Crippen LogP contribution in [0.25, 0.3) is 0 Å². The monoisotopic (exact) mass is 343 g/mol. The zero-order chi connectivity index (χ0) is 13.8. The quantitative estimate of drug-likeness (QED) is 0.739. The van der Waals surface area contributed by atoms with Crippen LogP contribution in [0.3, 0.4) is 0 Å². The van der Waals surface area contributed by atoms with Gasteiger partial charge in [-0.25, -0.2) is 0 Å². The highest BCUT2D eigenvalue weighted by Crippen LogP contribution is 2.24. The van der Waals surface area contributed by atoms with Crippen LogP contribution in [0, 0.1) is 5.92 Å². The minimum Gasteiger partial charge on any atom is -0.393 e. The average Bonchev–Trinajstić information content (AvgIpc) is 2.37. The van der Waals surface area contributed by atoms with E-state index in [1.807, 2.05) is 12.1 Å². The van der Waals surface area contributed by atoms with Gasteiger partial charge >= 0.3 is 0 Å². The largest absolute Gasteiger partial charge is 0.393 e. The number of aliphatic hydroxyl groups excluding tert-OH is 1. The van der Waals surface area contributed by atoms with Gasteiger partial charge in [-0.05, 0) is 49.8 Å². The maximum absolute atomic E-state index is 12.1. The normalized spacial score (nSPS) is 23.1. The van der Waals surface area contributed by atoms with Crippen LogP contribution in [0.4, 0.5) is 0 Å². The Bertz CT molecular complexity index is 459. The number of rotatable bonds is 3. The minimum absolute atomic E-state index is 0.0800. The second kappa shape index (κ2) is 6.77. The maximum atomic E-state index is 12.1. The van der Waals surface area contributed by atoms with Crippen LogP contribution in [0.15, 0.2) is 27.6 Å². The van der Waals surface area contributed by atoms with Crippen molar-refractivity contribution in [3.8, 4) is 0 Å². The Morgan fingerprint density at radius 2 is 2.05 bits per heavy atom. The molecule has 2 N–H and O–H groups in total. The summed E-state index contributed by atoms with van der Waals surface area (Å²) in [7, 11) is 0. The number of carbonyl (C=O) groups excluding carboxylic acids is 1. The van der Waals surface area contributed by atoms with Crippen molar-refractivity contribution in [3.05, 3.63) is 28.2 Å². The van der Waals surface area contributed by atoms with E-state index in [0.29, 0.717) is 22.9 Å². The van der Waals surface area contributed by atoms with E-state index in [-0.39, 0.29) is 12.0 Å². The molecule has 1 aromatic carbocycles. The second-order valence-electron chi connectivity index (χ2n) is 5.05. The summed E-state index contributed by atoms with van der Waals surface area (Å²) in [4.78, 5) is 12.7. The number of hydrogen-bond donors (Lipinski definition) is 3. The van der Waals surface area contributed by atoms with Crippen molar-refractivity contribution in [2.24, 2.45) is 5.92 Å². The molecule has 0 unspecified atom stereocenters. The first-order valence-corrected chi connectivity index (χ1v) is 7.75. The SMILES string of the molecule is O=C(NCC1CCC(O)CC1)c1ccc(Br)cc1S. The highest BCUT2D eigenvalue weighted by Gasteiger charge is 2.20. The molecule has 0 aliphatic heterocycles. The number of nitrogens with one attached hydrogen (secondary N) is 1. The van der Waals surface area contributed by atoms with Crippen molar-refractivity contribution in [3.63, 3.8) is 0 Å². The fourth-order valence-electron chi connectivity index (χ4n) is 2.38. The summed E-state index contributed by atoms with van der Waals surface area (Å²) in [5.41, 5.74) is 0.599. The molecule has 0 aromatic heterocycles. The molecule has 0 spiro atoms. The maximum Gasteiger partial charge on any atom is 0.252 e. The minimum atomic E-state index is -0.150. The third-order valence-electron chi connectivity index (χ3n) is 3.57.